The summed E-state index contributed by atoms with van der Waals surface area (Å²) < 4.78 is 5.31. The molecule has 0 aliphatic rings. The molecule has 0 aromatic heterocycles. The number of allylic oxidation sites excluding steroid dienone is 2. The van der Waals surface area contributed by atoms with E-state index in [4.69, 9.17) is 27.9 Å². The van der Waals surface area contributed by atoms with Crippen LogP contribution in [0.2, 0.25) is 0 Å². The molecule has 0 spiro atoms. The number of alkyl halides is 2. The van der Waals surface area contributed by atoms with E-state index >= 15 is 0 Å². The molecular formula is C10H16Cl2O. The first-order chi connectivity index (χ1) is 6.20. The van der Waals surface area contributed by atoms with Crippen molar-refractivity contribution in [2.75, 3.05) is 13.2 Å². The SMILES string of the molecule is C=C[C@@H](Cl)CCOCC[C@@H](Cl)C=C. The molecule has 0 unspecified atom stereocenters. The molecule has 0 heterocycles. The van der Waals surface area contributed by atoms with Crippen molar-refractivity contribution in [3.63, 3.8) is 0 Å². The molecule has 0 N–H and O–H groups in total. The van der Waals surface area contributed by atoms with Crippen LogP contribution in [-0.2, 0) is 4.74 Å². The van der Waals surface area contributed by atoms with Gasteiger partial charge in [-0.25, -0.2) is 0 Å². The van der Waals surface area contributed by atoms with E-state index in [1.807, 2.05) is 0 Å². The third kappa shape index (κ3) is 8.35. The lowest BCUT2D eigenvalue weighted by Gasteiger charge is -2.06. The quantitative estimate of drug-likeness (QED) is 0.348. The average Bonchev–Trinajstić information content (AvgIpc) is 2.16. The van der Waals surface area contributed by atoms with Crippen LogP contribution in [0.15, 0.2) is 25.3 Å². The smallest absolute Gasteiger partial charge is 0.0535 e. The second kappa shape index (κ2) is 8.61. The van der Waals surface area contributed by atoms with Crippen molar-refractivity contribution in [1.29, 1.82) is 0 Å². The monoisotopic (exact) mass is 222 g/mol. The first kappa shape index (κ1) is 13.0. The molecule has 1 nitrogen and oxygen atoms in total. The van der Waals surface area contributed by atoms with Gasteiger partial charge in [-0.15, -0.1) is 36.4 Å². The summed E-state index contributed by atoms with van der Waals surface area (Å²) in [5, 5.41) is 0.0115. The highest BCUT2D eigenvalue weighted by Gasteiger charge is 2.00. The molecule has 0 aromatic carbocycles. The lowest BCUT2D eigenvalue weighted by molar-refractivity contribution is 0.131. The molecule has 0 amide bonds. The van der Waals surface area contributed by atoms with Crippen molar-refractivity contribution in [3.05, 3.63) is 25.3 Å². The van der Waals surface area contributed by atoms with E-state index in [0.29, 0.717) is 13.2 Å². The van der Waals surface area contributed by atoms with Gasteiger partial charge in [0.05, 0.1) is 10.8 Å². The minimum Gasteiger partial charge on any atom is -0.381 e. The molecule has 0 radical (unpaired) electrons. The second-order valence-electron chi connectivity index (χ2n) is 2.69. The van der Waals surface area contributed by atoms with E-state index < -0.39 is 0 Å². The van der Waals surface area contributed by atoms with Crippen molar-refractivity contribution >= 4 is 23.2 Å². The van der Waals surface area contributed by atoms with Gasteiger partial charge in [-0.05, 0) is 12.8 Å². The van der Waals surface area contributed by atoms with Crippen LogP contribution in [0.4, 0.5) is 0 Å². The summed E-state index contributed by atoms with van der Waals surface area (Å²) >= 11 is 11.6. The van der Waals surface area contributed by atoms with Crippen LogP contribution in [-0.4, -0.2) is 24.0 Å². The Kier molecular flexibility index (Phi) is 8.62. The molecule has 2 atom stereocenters. The van der Waals surface area contributed by atoms with E-state index in [0.717, 1.165) is 12.8 Å². The molecule has 0 rings (SSSR count). The Morgan fingerprint density at radius 2 is 1.38 bits per heavy atom. The van der Waals surface area contributed by atoms with Gasteiger partial charge in [0, 0.05) is 13.2 Å². The Hall–Kier alpha value is 0.0200. The summed E-state index contributed by atoms with van der Waals surface area (Å²) in [5.41, 5.74) is 0. The number of halogens is 2. The van der Waals surface area contributed by atoms with Crippen molar-refractivity contribution in [1.82, 2.24) is 0 Å². The van der Waals surface area contributed by atoms with E-state index in [1.54, 1.807) is 12.2 Å². The Morgan fingerprint density at radius 3 is 1.69 bits per heavy atom. The van der Waals surface area contributed by atoms with Crippen molar-refractivity contribution in [2.45, 2.75) is 23.6 Å². The standard InChI is InChI=1S/C10H16Cl2O/c1-3-9(11)5-7-13-8-6-10(12)4-2/h3-4,9-10H,1-2,5-8H2/t9-,10+. The van der Waals surface area contributed by atoms with E-state index in [1.165, 1.54) is 0 Å². The zero-order valence-electron chi connectivity index (χ0n) is 7.72. The molecule has 3 heteroatoms. The molecule has 13 heavy (non-hydrogen) atoms. The topological polar surface area (TPSA) is 9.23 Å². The Balaban J connectivity index is 3.16. The minimum absolute atomic E-state index is 0.00574. The van der Waals surface area contributed by atoms with Gasteiger partial charge in [-0.2, -0.15) is 0 Å². The van der Waals surface area contributed by atoms with Gasteiger partial charge in [0.2, 0.25) is 0 Å². The molecule has 76 valence electrons. The lowest BCUT2D eigenvalue weighted by Crippen LogP contribution is -2.05. The van der Waals surface area contributed by atoms with Crippen molar-refractivity contribution in [2.24, 2.45) is 0 Å². The van der Waals surface area contributed by atoms with Crippen molar-refractivity contribution in [3.8, 4) is 0 Å². The summed E-state index contributed by atoms with van der Waals surface area (Å²) in [6.07, 6.45) is 5.01. The van der Waals surface area contributed by atoms with Gasteiger partial charge in [0.25, 0.3) is 0 Å². The maximum Gasteiger partial charge on any atom is 0.0535 e. The van der Waals surface area contributed by atoms with Crippen LogP contribution in [0.1, 0.15) is 12.8 Å². The summed E-state index contributed by atoms with van der Waals surface area (Å²) in [6, 6.07) is 0. The molecule has 0 aliphatic carbocycles. The normalized spacial score (nSPS) is 14.9. The van der Waals surface area contributed by atoms with Crippen molar-refractivity contribution < 1.29 is 4.74 Å². The number of hydrogen-bond donors (Lipinski definition) is 0. The van der Waals surface area contributed by atoms with Gasteiger partial charge in [-0.1, -0.05) is 12.2 Å². The van der Waals surface area contributed by atoms with Gasteiger partial charge in [-0.3, -0.25) is 0 Å². The fraction of sp³-hybridized carbons (Fsp3) is 0.600. The third-order valence-corrected chi connectivity index (χ3v) is 2.38. The molecule has 0 saturated carbocycles. The number of rotatable bonds is 8. The molecule has 0 fully saturated rings. The summed E-state index contributed by atoms with van der Waals surface area (Å²) in [5.74, 6) is 0. The van der Waals surface area contributed by atoms with Crippen LogP contribution >= 0.6 is 23.2 Å². The van der Waals surface area contributed by atoms with E-state index in [2.05, 4.69) is 13.2 Å². The summed E-state index contributed by atoms with van der Waals surface area (Å²) in [7, 11) is 0. The molecular weight excluding hydrogens is 207 g/mol. The molecule has 0 bridgehead atoms. The number of hydrogen-bond acceptors (Lipinski definition) is 1. The largest absolute Gasteiger partial charge is 0.381 e. The Bertz CT molecular complexity index is 132. The maximum absolute atomic E-state index is 5.79. The highest BCUT2D eigenvalue weighted by Crippen LogP contribution is 2.05. The average molecular weight is 223 g/mol. The Morgan fingerprint density at radius 1 is 1.00 bits per heavy atom. The summed E-state index contributed by atoms with van der Waals surface area (Å²) in [6.45, 7) is 8.47. The highest BCUT2D eigenvalue weighted by atomic mass is 35.5. The fourth-order valence-corrected chi connectivity index (χ4v) is 0.908. The van der Waals surface area contributed by atoms with Crippen LogP contribution in [0, 0.1) is 0 Å². The third-order valence-electron chi connectivity index (χ3n) is 1.59. The van der Waals surface area contributed by atoms with Crippen LogP contribution in [0.5, 0.6) is 0 Å². The van der Waals surface area contributed by atoms with Gasteiger partial charge in [0.15, 0.2) is 0 Å². The number of ether oxygens (including phenoxy) is 1. The second-order valence-corrected chi connectivity index (χ2v) is 3.81. The predicted octanol–water partition coefficient (Wildman–Crippen LogP) is 3.37. The van der Waals surface area contributed by atoms with Crippen LogP contribution in [0.3, 0.4) is 0 Å². The van der Waals surface area contributed by atoms with Crippen LogP contribution < -0.4 is 0 Å². The lowest BCUT2D eigenvalue weighted by atomic mass is 10.3. The summed E-state index contributed by atoms with van der Waals surface area (Å²) in [4.78, 5) is 0. The maximum atomic E-state index is 5.79. The predicted molar refractivity (Wildman–Crippen MR) is 59.7 cm³/mol. The van der Waals surface area contributed by atoms with Gasteiger partial charge in [0.1, 0.15) is 0 Å². The van der Waals surface area contributed by atoms with Crippen LogP contribution in [0.25, 0.3) is 0 Å². The molecule has 0 saturated heterocycles. The van der Waals surface area contributed by atoms with Gasteiger partial charge >= 0.3 is 0 Å². The first-order valence-electron chi connectivity index (χ1n) is 4.31. The first-order valence-corrected chi connectivity index (χ1v) is 5.19. The zero-order valence-corrected chi connectivity index (χ0v) is 9.23. The minimum atomic E-state index is 0.00574. The molecule has 0 aliphatic heterocycles. The van der Waals surface area contributed by atoms with Gasteiger partial charge < -0.3 is 4.74 Å². The zero-order chi connectivity index (χ0) is 10.1. The fourth-order valence-electron chi connectivity index (χ4n) is 0.730. The highest BCUT2D eigenvalue weighted by molar-refractivity contribution is 6.21. The van der Waals surface area contributed by atoms with E-state index in [-0.39, 0.29) is 10.8 Å². The Labute approximate surface area is 90.4 Å². The van der Waals surface area contributed by atoms with E-state index in [9.17, 15) is 0 Å². The molecule has 0 aromatic rings.